The van der Waals surface area contributed by atoms with Crippen molar-refractivity contribution < 1.29 is 0 Å². The van der Waals surface area contributed by atoms with Gasteiger partial charge in [0.1, 0.15) is 0 Å². The molecule has 0 aromatic heterocycles. The van der Waals surface area contributed by atoms with Crippen LogP contribution in [-0.4, -0.2) is 36.3 Å². The summed E-state index contributed by atoms with van der Waals surface area (Å²) >= 11 is 0. The molecule has 0 spiro atoms. The van der Waals surface area contributed by atoms with E-state index in [0.717, 1.165) is 13.1 Å². The van der Waals surface area contributed by atoms with Crippen LogP contribution in [-0.2, 0) is 0 Å². The molecule has 1 rings (SSSR count). The van der Waals surface area contributed by atoms with E-state index in [2.05, 4.69) is 49.7 Å². The predicted molar refractivity (Wildman–Crippen MR) is 75.9 cm³/mol. The molecule has 1 aromatic rings. The lowest BCUT2D eigenvalue weighted by Gasteiger charge is -2.29. The predicted octanol–water partition coefficient (Wildman–Crippen LogP) is 3.22. The third-order valence-electron chi connectivity index (χ3n) is 2.85. The number of aliphatic imine (C=N–C) groups is 1. The molecule has 0 aliphatic carbocycles. The minimum Gasteiger partial charge on any atom is -0.297 e. The Morgan fingerprint density at radius 2 is 1.65 bits per heavy atom. The number of rotatable bonds is 6. The highest BCUT2D eigenvalue weighted by atomic mass is 15.2. The maximum atomic E-state index is 4.48. The van der Waals surface area contributed by atoms with Gasteiger partial charge in [0, 0.05) is 24.8 Å². The molecule has 2 nitrogen and oxygen atoms in total. The lowest BCUT2D eigenvalue weighted by Crippen LogP contribution is -2.38. The summed E-state index contributed by atoms with van der Waals surface area (Å²) in [6.07, 6.45) is 1.96. The number of benzene rings is 1. The second-order valence-corrected chi connectivity index (χ2v) is 4.87. The van der Waals surface area contributed by atoms with Gasteiger partial charge in [-0.2, -0.15) is 0 Å². The summed E-state index contributed by atoms with van der Waals surface area (Å²) in [6, 6.07) is 11.4. The van der Waals surface area contributed by atoms with Crippen molar-refractivity contribution in [1.29, 1.82) is 0 Å². The van der Waals surface area contributed by atoms with Gasteiger partial charge in [-0.3, -0.25) is 9.89 Å². The molecular weight excluding hydrogens is 208 g/mol. The van der Waals surface area contributed by atoms with E-state index in [1.807, 2.05) is 24.4 Å². The van der Waals surface area contributed by atoms with E-state index >= 15 is 0 Å². The molecule has 0 N–H and O–H groups in total. The minimum absolute atomic E-state index is 0.585. The van der Waals surface area contributed by atoms with E-state index < -0.39 is 0 Å². The smallest absolute Gasteiger partial charge is 0.0517 e. The van der Waals surface area contributed by atoms with E-state index in [1.165, 1.54) is 5.56 Å². The number of hydrogen-bond acceptors (Lipinski definition) is 2. The maximum Gasteiger partial charge on any atom is 0.0517 e. The molecule has 0 bridgehead atoms. The van der Waals surface area contributed by atoms with E-state index in [4.69, 9.17) is 0 Å². The normalized spacial score (nSPS) is 12.2. The minimum atomic E-state index is 0.585. The average molecular weight is 232 g/mol. The molecule has 0 aliphatic rings. The Kier molecular flexibility index (Phi) is 5.92. The summed E-state index contributed by atoms with van der Waals surface area (Å²) in [5.74, 6) is 0. The summed E-state index contributed by atoms with van der Waals surface area (Å²) in [5, 5.41) is 0. The summed E-state index contributed by atoms with van der Waals surface area (Å²) < 4.78 is 0. The fourth-order valence-electron chi connectivity index (χ4n) is 1.99. The van der Waals surface area contributed by atoms with Gasteiger partial charge in [-0.25, -0.2) is 0 Å². The Hall–Kier alpha value is -1.15. The van der Waals surface area contributed by atoms with Crippen molar-refractivity contribution in [2.75, 3.05) is 13.1 Å². The molecular formula is C15H24N2. The first-order valence-electron chi connectivity index (χ1n) is 6.42. The first kappa shape index (κ1) is 13.9. The van der Waals surface area contributed by atoms with Crippen molar-refractivity contribution in [2.45, 2.75) is 39.8 Å². The van der Waals surface area contributed by atoms with Crippen LogP contribution in [0.2, 0.25) is 0 Å². The van der Waals surface area contributed by atoms with Gasteiger partial charge in [-0.05, 0) is 33.3 Å². The average Bonchev–Trinajstić information content (AvgIpc) is 2.29. The topological polar surface area (TPSA) is 15.6 Å². The summed E-state index contributed by atoms with van der Waals surface area (Å²) in [4.78, 5) is 6.94. The van der Waals surface area contributed by atoms with E-state index in [9.17, 15) is 0 Å². The lowest BCUT2D eigenvalue weighted by atomic mass is 10.2. The molecule has 0 radical (unpaired) electrons. The standard InChI is InChI=1S/C15H24N2/c1-13(2)17(14(3)4)11-10-16-12-15-8-6-5-7-9-15/h5-9,12-14H,10-11H2,1-4H3. The van der Waals surface area contributed by atoms with Crippen molar-refractivity contribution >= 4 is 6.21 Å². The van der Waals surface area contributed by atoms with Crippen LogP contribution in [0.1, 0.15) is 33.3 Å². The van der Waals surface area contributed by atoms with E-state index in [1.54, 1.807) is 0 Å². The van der Waals surface area contributed by atoms with Crippen molar-refractivity contribution in [3.8, 4) is 0 Å². The molecule has 0 amide bonds. The highest BCUT2D eigenvalue weighted by Gasteiger charge is 2.11. The van der Waals surface area contributed by atoms with Crippen LogP contribution < -0.4 is 0 Å². The Morgan fingerprint density at radius 3 is 2.18 bits per heavy atom. The van der Waals surface area contributed by atoms with Crippen molar-refractivity contribution in [1.82, 2.24) is 4.90 Å². The molecule has 0 heterocycles. The summed E-state index contributed by atoms with van der Waals surface area (Å²) in [5.41, 5.74) is 1.17. The van der Waals surface area contributed by atoms with Gasteiger partial charge in [0.15, 0.2) is 0 Å². The zero-order valence-electron chi connectivity index (χ0n) is 11.4. The molecule has 1 aromatic carbocycles. The highest BCUT2D eigenvalue weighted by Crippen LogP contribution is 2.04. The van der Waals surface area contributed by atoms with E-state index in [0.29, 0.717) is 12.1 Å². The molecule has 0 saturated carbocycles. The molecule has 17 heavy (non-hydrogen) atoms. The number of nitrogens with zero attached hydrogens (tertiary/aromatic N) is 2. The SMILES string of the molecule is CC(C)N(CCN=Cc1ccccc1)C(C)C. The van der Waals surface area contributed by atoms with Crippen LogP contribution in [0.15, 0.2) is 35.3 Å². The first-order valence-corrected chi connectivity index (χ1v) is 6.42. The maximum absolute atomic E-state index is 4.48. The molecule has 0 fully saturated rings. The van der Waals surface area contributed by atoms with Gasteiger partial charge in [-0.15, -0.1) is 0 Å². The number of hydrogen-bond donors (Lipinski definition) is 0. The molecule has 0 atom stereocenters. The van der Waals surface area contributed by atoms with Gasteiger partial charge in [-0.1, -0.05) is 30.3 Å². The zero-order chi connectivity index (χ0) is 12.7. The highest BCUT2D eigenvalue weighted by molar-refractivity contribution is 5.79. The van der Waals surface area contributed by atoms with Gasteiger partial charge in [0.25, 0.3) is 0 Å². The van der Waals surface area contributed by atoms with Crippen LogP contribution in [0.4, 0.5) is 0 Å². The Morgan fingerprint density at radius 1 is 1.06 bits per heavy atom. The molecule has 0 aliphatic heterocycles. The molecule has 0 saturated heterocycles. The zero-order valence-corrected chi connectivity index (χ0v) is 11.4. The van der Waals surface area contributed by atoms with Gasteiger partial charge in [0.05, 0.1) is 6.54 Å². The third-order valence-corrected chi connectivity index (χ3v) is 2.85. The van der Waals surface area contributed by atoms with Crippen LogP contribution in [0.5, 0.6) is 0 Å². The van der Waals surface area contributed by atoms with Crippen molar-refractivity contribution in [2.24, 2.45) is 4.99 Å². The van der Waals surface area contributed by atoms with Gasteiger partial charge >= 0.3 is 0 Å². The van der Waals surface area contributed by atoms with Crippen LogP contribution in [0.25, 0.3) is 0 Å². The van der Waals surface area contributed by atoms with Crippen molar-refractivity contribution in [3.05, 3.63) is 35.9 Å². The second-order valence-electron chi connectivity index (χ2n) is 4.87. The third kappa shape index (κ3) is 5.14. The van der Waals surface area contributed by atoms with Crippen LogP contribution in [0, 0.1) is 0 Å². The Labute approximate surface area is 105 Å². The lowest BCUT2D eigenvalue weighted by molar-refractivity contribution is 0.181. The summed E-state index contributed by atoms with van der Waals surface area (Å²) in [7, 11) is 0. The first-order chi connectivity index (χ1) is 8.11. The molecule has 0 unspecified atom stereocenters. The molecule has 2 heteroatoms. The monoisotopic (exact) mass is 232 g/mol. The van der Waals surface area contributed by atoms with Crippen LogP contribution >= 0.6 is 0 Å². The van der Waals surface area contributed by atoms with Crippen LogP contribution in [0.3, 0.4) is 0 Å². The summed E-state index contributed by atoms with van der Waals surface area (Å²) in [6.45, 7) is 10.8. The molecule has 94 valence electrons. The quantitative estimate of drug-likeness (QED) is 0.688. The van der Waals surface area contributed by atoms with Gasteiger partial charge < -0.3 is 0 Å². The van der Waals surface area contributed by atoms with Crippen molar-refractivity contribution in [3.63, 3.8) is 0 Å². The fraction of sp³-hybridized carbons (Fsp3) is 0.533. The van der Waals surface area contributed by atoms with Gasteiger partial charge in [0.2, 0.25) is 0 Å². The Balaban J connectivity index is 2.39. The Bertz CT molecular complexity index is 320. The fourth-order valence-corrected chi connectivity index (χ4v) is 1.99. The second kappa shape index (κ2) is 7.23. The van der Waals surface area contributed by atoms with E-state index in [-0.39, 0.29) is 0 Å². The largest absolute Gasteiger partial charge is 0.297 e.